The molecule has 9 heteroatoms. The number of carbonyl (C=O) groups excluding carboxylic acids is 2. The second-order valence-corrected chi connectivity index (χ2v) is 8.29. The minimum absolute atomic E-state index is 0.225. The predicted octanol–water partition coefficient (Wildman–Crippen LogP) is 2.81. The molecule has 1 amide bonds. The van der Waals surface area contributed by atoms with E-state index in [1.54, 1.807) is 19.4 Å². The Morgan fingerprint density at radius 1 is 1.23 bits per heavy atom. The molecular weight excluding hydrogens is 418 g/mol. The molecule has 1 heterocycles. The number of nitrogens with zero attached hydrogens (tertiary/aromatic N) is 1. The fraction of sp³-hybridized carbons (Fsp3) is 0.455. The van der Waals surface area contributed by atoms with E-state index in [1.807, 2.05) is 30.3 Å². The third-order valence-corrected chi connectivity index (χ3v) is 5.65. The normalized spacial score (nSPS) is 13.8. The van der Waals surface area contributed by atoms with E-state index in [2.05, 4.69) is 15.6 Å². The third kappa shape index (κ3) is 8.10. The highest BCUT2D eigenvalue weighted by Gasteiger charge is 2.24. The molecule has 8 nitrogen and oxygen atoms in total. The average molecular weight is 448 g/mol. The summed E-state index contributed by atoms with van der Waals surface area (Å²) in [6, 6.07) is 9.23. The van der Waals surface area contributed by atoms with Crippen molar-refractivity contribution in [1.82, 2.24) is 15.6 Å². The molecule has 0 aliphatic rings. The van der Waals surface area contributed by atoms with Crippen LogP contribution in [0.3, 0.4) is 0 Å². The Balaban J connectivity index is 2.12. The topological polar surface area (TPSA) is 118 Å². The van der Waals surface area contributed by atoms with Gasteiger partial charge in [0, 0.05) is 24.8 Å². The van der Waals surface area contributed by atoms with Crippen LogP contribution in [-0.2, 0) is 20.7 Å². The minimum atomic E-state index is -0.906. The number of aromatic nitrogens is 1. The Bertz CT molecular complexity index is 871. The zero-order valence-electron chi connectivity index (χ0n) is 18.0. The Kier molecular flexibility index (Phi) is 9.61. The van der Waals surface area contributed by atoms with Gasteiger partial charge in [0.15, 0.2) is 6.10 Å². The van der Waals surface area contributed by atoms with Gasteiger partial charge >= 0.3 is 11.9 Å². The van der Waals surface area contributed by atoms with Gasteiger partial charge in [-0.1, -0.05) is 37.3 Å². The summed E-state index contributed by atoms with van der Waals surface area (Å²) < 4.78 is 5.34. The molecule has 0 bridgehead atoms. The molecule has 168 valence electrons. The number of amides is 1. The first kappa shape index (κ1) is 24.5. The highest BCUT2D eigenvalue weighted by atomic mass is 32.1. The van der Waals surface area contributed by atoms with Crippen LogP contribution in [0.2, 0.25) is 0 Å². The summed E-state index contributed by atoms with van der Waals surface area (Å²) in [5, 5.41) is 17.4. The van der Waals surface area contributed by atoms with Crippen LogP contribution in [0.4, 0.5) is 0 Å². The number of rotatable bonds is 12. The van der Waals surface area contributed by atoms with Gasteiger partial charge in [-0.05, 0) is 32.0 Å². The van der Waals surface area contributed by atoms with E-state index >= 15 is 0 Å². The summed E-state index contributed by atoms with van der Waals surface area (Å²) in [7, 11) is 1.80. The summed E-state index contributed by atoms with van der Waals surface area (Å²) in [5.41, 5.74) is 1.23. The zero-order valence-corrected chi connectivity index (χ0v) is 18.8. The van der Waals surface area contributed by atoms with E-state index in [-0.39, 0.29) is 17.6 Å². The maximum Gasteiger partial charge on any atom is 0.306 e. The van der Waals surface area contributed by atoms with Gasteiger partial charge in [-0.15, -0.1) is 11.3 Å². The second kappa shape index (κ2) is 12.2. The van der Waals surface area contributed by atoms with Crippen LogP contribution in [-0.4, -0.2) is 47.6 Å². The molecule has 0 saturated carbocycles. The highest BCUT2D eigenvalue weighted by Crippen LogP contribution is 2.25. The summed E-state index contributed by atoms with van der Waals surface area (Å²) >= 11 is 1.26. The first-order valence-corrected chi connectivity index (χ1v) is 11.0. The Morgan fingerprint density at radius 2 is 1.94 bits per heavy atom. The van der Waals surface area contributed by atoms with Crippen LogP contribution in [0.1, 0.15) is 53.9 Å². The molecule has 2 rings (SSSR count). The first-order valence-electron chi connectivity index (χ1n) is 10.1. The average Bonchev–Trinajstić information content (AvgIpc) is 3.21. The monoisotopic (exact) mass is 447 g/mol. The van der Waals surface area contributed by atoms with Crippen LogP contribution in [0.5, 0.6) is 0 Å². The van der Waals surface area contributed by atoms with Gasteiger partial charge in [-0.25, -0.2) is 4.98 Å². The van der Waals surface area contributed by atoms with Gasteiger partial charge in [0.25, 0.3) is 5.91 Å². The smallest absolute Gasteiger partial charge is 0.306 e. The number of carboxylic acids is 1. The van der Waals surface area contributed by atoms with Crippen molar-refractivity contribution in [3.63, 3.8) is 0 Å². The Labute approximate surface area is 186 Å². The maximum absolute atomic E-state index is 12.8. The number of ether oxygens (including phenoxy) is 1. The molecule has 0 aliphatic heterocycles. The molecule has 3 N–H and O–H groups in total. The van der Waals surface area contributed by atoms with Crippen molar-refractivity contribution in [2.45, 2.75) is 45.3 Å². The van der Waals surface area contributed by atoms with Crippen molar-refractivity contribution < 1.29 is 24.2 Å². The molecule has 1 aromatic carbocycles. The summed E-state index contributed by atoms with van der Waals surface area (Å²) in [6.45, 7) is 3.59. The van der Waals surface area contributed by atoms with Crippen molar-refractivity contribution in [2.75, 3.05) is 13.6 Å². The molecule has 0 saturated heterocycles. The number of aliphatic carboxylic acids is 1. The van der Waals surface area contributed by atoms with Gasteiger partial charge in [0.2, 0.25) is 0 Å². The lowest BCUT2D eigenvalue weighted by Crippen LogP contribution is -2.38. The molecule has 3 atom stereocenters. The SMILES string of the molecule is CNCCC(OC(C)=O)c1nc(C(=O)NC(Cc2ccccc2)CC(C)C(=O)O)cs1. The molecule has 3 unspecified atom stereocenters. The number of carboxylic acid groups (broad SMARTS) is 1. The van der Waals surface area contributed by atoms with Gasteiger partial charge in [-0.2, -0.15) is 0 Å². The van der Waals surface area contributed by atoms with Crippen molar-refractivity contribution in [1.29, 1.82) is 0 Å². The van der Waals surface area contributed by atoms with Crippen molar-refractivity contribution >= 4 is 29.2 Å². The lowest BCUT2D eigenvalue weighted by molar-refractivity contribution is -0.147. The van der Waals surface area contributed by atoms with Crippen LogP contribution < -0.4 is 10.6 Å². The van der Waals surface area contributed by atoms with E-state index in [1.165, 1.54) is 18.3 Å². The van der Waals surface area contributed by atoms with Gasteiger partial charge in [0.05, 0.1) is 5.92 Å². The molecule has 2 aromatic rings. The maximum atomic E-state index is 12.8. The second-order valence-electron chi connectivity index (χ2n) is 7.40. The quantitative estimate of drug-likeness (QED) is 0.428. The molecule has 0 spiro atoms. The largest absolute Gasteiger partial charge is 0.481 e. The third-order valence-electron chi connectivity index (χ3n) is 4.71. The standard InChI is InChI=1S/C22H29N3O5S/c1-14(22(28)29)11-17(12-16-7-5-4-6-8-16)24-20(27)18-13-31-21(25-18)19(9-10-23-3)30-15(2)26/h4-8,13-14,17,19,23H,9-12H2,1-3H3,(H,24,27)(H,28,29). The summed E-state index contributed by atoms with van der Waals surface area (Å²) in [6.07, 6.45) is 0.825. The van der Waals surface area contributed by atoms with Crippen LogP contribution in [0, 0.1) is 5.92 Å². The molecule has 0 aliphatic carbocycles. The van der Waals surface area contributed by atoms with Gasteiger partial charge < -0.3 is 20.5 Å². The van der Waals surface area contributed by atoms with E-state index in [9.17, 15) is 19.5 Å². The van der Waals surface area contributed by atoms with E-state index in [0.29, 0.717) is 30.8 Å². The summed E-state index contributed by atoms with van der Waals surface area (Å²) in [5.74, 6) is -2.30. The zero-order chi connectivity index (χ0) is 22.8. The number of thiazole rings is 1. The molecule has 1 aromatic heterocycles. The molecule has 0 fully saturated rings. The number of hydrogen-bond donors (Lipinski definition) is 3. The number of hydrogen-bond acceptors (Lipinski definition) is 7. The fourth-order valence-corrected chi connectivity index (χ4v) is 3.99. The highest BCUT2D eigenvalue weighted by molar-refractivity contribution is 7.09. The molecule has 31 heavy (non-hydrogen) atoms. The lowest BCUT2D eigenvalue weighted by atomic mass is 9.96. The van der Waals surface area contributed by atoms with Crippen LogP contribution in [0.15, 0.2) is 35.7 Å². The number of benzene rings is 1. The van der Waals surface area contributed by atoms with Crippen molar-refractivity contribution in [3.8, 4) is 0 Å². The van der Waals surface area contributed by atoms with Gasteiger partial charge in [-0.3, -0.25) is 14.4 Å². The van der Waals surface area contributed by atoms with E-state index in [0.717, 1.165) is 5.56 Å². The number of nitrogens with one attached hydrogen (secondary N) is 2. The van der Waals surface area contributed by atoms with Crippen LogP contribution in [0.25, 0.3) is 0 Å². The molecule has 0 radical (unpaired) electrons. The minimum Gasteiger partial charge on any atom is -0.481 e. The number of carbonyl (C=O) groups is 3. The van der Waals surface area contributed by atoms with Gasteiger partial charge in [0.1, 0.15) is 10.7 Å². The lowest BCUT2D eigenvalue weighted by Gasteiger charge is -2.20. The fourth-order valence-electron chi connectivity index (χ4n) is 3.13. The first-order chi connectivity index (χ1) is 14.8. The van der Waals surface area contributed by atoms with E-state index in [4.69, 9.17) is 4.74 Å². The van der Waals surface area contributed by atoms with Crippen LogP contribution >= 0.6 is 11.3 Å². The predicted molar refractivity (Wildman–Crippen MR) is 118 cm³/mol. The van der Waals surface area contributed by atoms with Crippen molar-refractivity contribution in [3.05, 3.63) is 52.0 Å². The summed E-state index contributed by atoms with van der Waals surface area (Å²) in [4.78, 5) is 40.0. The van der Waals surface area contributed by atoms with E-state index < -0.39 is 24.0 Å². The molecular formula is C22H29N3O5S. The Hall–Kier alpha value is -2.78. The number of esters is 1. The Morgan fingerprint density at radius 3 is 2.55 bits per heavy atom. The van der Waals surface area contributed by atoms with Crippen molar-refractivity contribution in [2.24, 2.45) is 5.92 Å².